The smallest absolute Gasteiger partial charge is 0.318 e. The molecule has 3 aromatic heterocycles. The van der Waals surface area contributed by atoms with Gasteiger partial charge in [0.2, 0.25) is 0 Å². The molecule has 0 aromatic carbocycles. The largest absolute Gasteiger partial charge is 0.458 e. The molecule has 0 fully saturated rings. The molecule has 0 spiro atoms. The van der Waals surface area contributed by atoms with E-state index in [4.69, 9.17) is 4.74 Å². The van der Waals surface area contributed by atoms with Crippen LogP contribution < -0.4 is 4.74 Å². The maximum absolute atomic E-state index is 5.45. The van der Waals surface area contributed by atoms with Gasteiger partial charge in [0.25, 0.3) is 0 Å². The molecule has 1 radical (unpaired) electrons. The average Bonchev–Trinajstić information content (AvgIpc) is 2.97. The first-order valence-electron chi connectivity index (χ1n) is 4.66. The predicted molar refractivity (Wildman–Crippen MR) is 59.2 cm³/mol. The molecule has 0 amide bonds. The molecular formula is C10H7N4OS. The topological polar surface area (TPSA) is 63.7 Å². The van der Waals surface area contributed by atoms with E-state index < -0.39 is 0 Å². The van der Waals surface area contributed by atoms with Crippen LogP contribution in [0, 0.1) is 6.33 Å². The van der Waals surface area contributed by atoms with E-state index in [-0.39, 0.29) is 0 Å². The van der Waals surface area contributed by atoms with Crippen LogP contribution in [0.1, 0.15) is 4.88 Å². The van der Waals surface area contributed by atoms with Crippen LogP contribution >= 0.6 is 11.3 Å². The first-order chi connectivity index (χ1) is 7.92. The van der Waals surface area contributed by atoms with Gasteiger partial charge in [-0.25, -0.2) is 9.97 Å². The summed E-state index contributed by atoms with van der Waals surface area (Å²) in [5.41, 5.74) is 1.32. The monoisotopic (exact) mass is 231 g/mol. The molecule has 79 valence electrons. The maximum atomic E-state index is 5.45. The van der Waals surface area contributed by atoms with E-state index in [1.54, 1.807) is 17.5 Å². The molecule has 0 saturated heterocycles. The highest BCUT2D eigenvalue weighted by Gasteiger charge is 2.03. The van der Waals surface area contributed by atoms with Gasteiger partial charge in [-0.1, -0.05) is 6.07 Å². The Bertz CT molecular complexity index is 590. The van der Waals surface area contributed by atoms with Gasteiger partial charge in [0.15, 0.2) is 12.0 Å². The second kappa shape index (κ2) is 3.90. The van der Waals surface area contributed by atoms with Crippen LogP contribution in [0.25, 0.3) is 11.2 Å². The van der Waals surface area contributed by atoms with Crippen LogP contribution in [0.4, 0.5) is 0 Å². The molecule has 5 nitrogen and oxygen atoms in total. The van der Waals surface area contributed by atoms with Crippen molar-refractivity contribution >= 4 is 22.5 Å². The standard InChI is InChI=1S/C10H7N4OS/c1-2-7(16-3-1)5-15-10-11-4-8-9(14-10)13-6-12-8/h1-4H,5H2,(H,11,12,13,14). The Morgan fingerprint density at radius 2 is 2.50 bits per heavy atom. The highest BCUT2D eigenvalue weighted by atomic mass is 32.1. The minimum atomic E-state index is 0.335. The summed E-state index contributed by atoms with van der Waals surface area (Å²) < 4.78 is 5.45. The van der Waals surface area contributed by atoms with E-state index in [9.17, 15) is 0 Å². The van der Waals surface area contributed by atoms with E-state index in [0.29, 0.717) is 18.3 Å². The third kappa shape index (κ3) is 1.74. The minimum Gasteiger partial charge on any atom is -0.458 e. The zero-order valence-corrected chi connectivity index (χ0v) is 8.99. The number of aromatic nitrogens is 4. The molecule has 0 aliphatic rings. The summed E-state index contributed by atoms with van der Waals surface area (Å²) in [6.07, 6.45) is 4.24. The fourth-order valence-corrected chi connectivity index (χ4v) is 1.89. The highest BCUT2D eigenvalue weighted by Crippen LogP contribution is 2.13. The second-order valence-corrected chi connectivity index (χ2v) is 4.14. The van der Waals surface area contributed by atoms with Crippen molar-refractivity contribution in [3.8, 4) is 6.01 Å². The van der Waals surface area contributed by atoms with Crippen molar-refractivity contribution in [1.82, 2.24) is 19.9 Å². The lowest BCUT2D eigenvalue weighted by Crippen LogP contribution is -1.97. The molecule has 0 saturated carbocycles. The van der Waals surface area contributed by atoms with Crippen molar-refractivity contribution in [2.24, 2.45) is 0 Å². The van der Waals surface area contributed by atoms with Crippen LogP contribution in [-0.4, -0.2) is 19.9 Å². The Morgan fingerprint density at radius 3 is 3.38 bits per heavy atom. The summed E-state index contributed by atoms with van der Waals surface area (Å²) >= 11 is 1.64. The number of nitrogens with one attached hydrogen (secondary N) is 1. The molecule has 3 rings (SSSR count). The Morgan fingerprint density at radius 1 is 1.50 bits per heavy atom. The summed E-state index contributed by atoms with van der Waals surface area (Å²) in [6, 6.07) is 4.32. The Hall–Kier alpha value is -1.95. The predicted octanol–water partition coefficient (Wildman–Crippen LogP) is 1.79. The number of hydrogen-bond donors (Lipinski definition) is 1. The third-order valence-corrected chi connectivity index (χ3v) is 2.87. The van der Waals surface area contributed by atoms with Crippen molar-refractivity contribution < 1.29 is 4.74 Å². The van der Waals surface area contributed by atoms with Gasteiger partial charge in [0.1, 0.15) is 12.1 Å². The van der Waals surface area contributed by atoms with Crippen LogP contribution in [0.5, 0.6) is 6.01 Å². The minimum absolute atomic E-state index is 0.335. The lowest BCUT2D eigenvalue weighted by atomic mass is 10.5. The van der Waals surface area contributed by atoms with Gasteiger partial charge in [0, 0.05) is 4.88 Å². The van der Waals surface area contributed by atoms with Gasteiger partial charge in [-0.15, -0.1) is 11.3 Å². The van der Waals surface area contributed by atoms with E-state index >= 15 is 0 Å². The highest BCUT2D eigenvalue weighted by molar-refractivity contribution is 7.09. The molecule has 1 N–H and O–H groups in total. The zero-order chi connectivity index (χ0) is 10.8. The van der Waals surface area contributed by atoms with Gasteiger partial charge in [-0.2, -0.15) is 4.98 Å². The van der Waals surface area contributed by atoms with Crippen LogP contribution in [-0.2, 0) is 6.61 Å². The van der Waals surface area contributed by atoms with Crippen molar-refractivity contribution in [3.63, 3.8) is 0 Å². The van der Waals surface area contributed by atoms with E-state index in [2.05, 4.69) is 26.3 Å². The first-order valence-corrected chi connectivity index (χ1v) is 5.54. The van der Waals surface area contributed by atoms with Crippen molar-refractivity contribution in [1.29, 1.82) is 0 Å². The molecule has 0 atom stereocenters. The number of imidazole rings is 1. The molecule has 3 aromatic rings. The molecule has 16 heavy (non-hydrogen) atoms. The molecule has 0 aliphatic heterocycles. The number of thiophene rings is 1. The number of ether oxygens (including phenoxy) is 1. The Balaban J connectivity index is 1.78. The van der Waals surface area contributed by atoms with Gasteiger partial charge < -0.3 is 9.72 Å². The Labute approximate surface area is 95.2 Å². The fraction of sp³-hybridized carbons (Fsp3) is 0.100. The summed E-state index contributed by atoms with van der Waals surface area (Å²) in [6.45, 7) is 0.483. The van der Waals surface area contributed by atoms with Gasteiger partial charge in [-0.05, 0) is 11.4 Å². The van der Waals surface area contributed by atoms with Crippen molar-refractivity contribution in [3.05, 3.63) is 34.9 Å². The molecule has 0 unspecified atom stereocenters. The van der Waals surface area contributed by atoms with Gasteiger partial charge >= 0.3 is 6.01 Å². The Kier molecular flexibility index (Phi) is 2.26. The first kappa shape index (κ1) is 9.29. The average molecular weight is 231 g/mol. The third-order valence-electron chi connectivity index (χ3n) is 2.02. The normalized spacial score (nSPS) is 10.8. The van der Waals surface area contributed by atoms with Crippen molar-refractivity contribution in [2.45, 2.75) is 6.61 Å². The number of fused-ring (bicyclic) bond motifs is 1. The quantitative estimate of drug-likeness (QED) is 0.746. The number of aromatic amines is 1. The SMILES string of the molecule is [c]1nc2nc(OCc3cccs3)ncc2[nH]1. The van der Waals surface area contributed by atoms with Crippen LogP contribution in [0.3, 0.4) is 0 Å². The molecular weight excluding hydrogens is 224 g/mol. The summed E-state index contributed by atoms with van der Waals surface area (Å²) in [7, 11) is 0. The van der Waals surface area contributed by atoms with E-state index in [1.165, 1.54) is 0 Å². The maximum Gasteiger partial charge on any atom is 0.318 e. The zero-order valence-electron chi connectivity index (χ0n) is 8.17. The van der Waals surface area contributed by atoms with E-state index in [0.717, 1.165) is 10.4 Å². The second-order valence-electron chi connectivity index (χ2n) is 3.11. The van der Waals surface area contributed by atoms with Crippen LogP contribution in [0.15, 0.2) is 23.7 Å². The van der Waals surface area contributed by atoms with Crippen molar-refractivity contribution in [2.75, 3.05) is 0 Å². The molecule has 6 heteroatoms. The number of rotatable bonds is 3. The van der Waals surface area contributed by atoms with Crippen LogP contribution in [0.2, 0.25) is 0 Å². The van der Waals surface area contributed by atoms with Gasteiger partial charge in [0.05, 0.1) is 6.20 Å². The molecule has 0 bridgehead atoms. The molecule has 0 aliphatic carbocycles. The number of hydrogen-bond acceptors (Lipinski definition) is 5. The fourth-order valence-electron chi connectivity index (χ4n) is 1.27. The summed E-state index contributed by atoms with van der Waals surface area (Å²) in [5.74, 6) is 0. The lowest BCUT2D eigenvalue weighted by Gasteiger charge is -2.01. The lowest BCUT2D eigenvalue weighted by molar-refractivity contribution is 0.285. The van der Waals surface area contributed by atoms with E-state index in [1.807, 2.05) is 17.5 Å². The number of nitrogens with zero attached hydrogens (tertiary/aromatic N) is 3. The summed E-state index contributed by atoms with van der Waals surface area (Å²) in [5, 5.41) is 2.01. The van der Waals surface area contributed by atoms with Gasteiger partial charge in [-0.3, -0.25) is 0 Å². The summed E-state index contributed by atoms with van der Waals surface area (Å²) in [4.78, 5) is 16.0. The number of H-pyrrole nitrogens is 1. The molecule has 3 heterocycles.